The van der Waals surface area contributed by atoms with Crippen LogP contribution in [0.4, 0.5) is 10.1 Å². The van der Waals surface area contributed by atoms with E-state index in [2.05, 4.69) is 5.32 Å². The van der Waals surface area contributed by atoms with Crippen molar-refractivity contribution in [2.45, 2.75) is 13.5 Å². The van der Waals surface area contributed by atoms with Gasteiger partial charge in [-0.05, 0) is 49.4 Å². The maximum atomic E-state index is 13.4. The minimum absolute atomic E-state index is 0.155. The zero-order chi connectivity index (χ0) is 24.6. The highest BCUT2D eigenvalue weighted by molar-refractivity contribution is 6.01. The normalized spacial score (nSPS) is 10.9. The molecule has 4 rings (SSSR count). The van der Waals surface area contributed by atoms with Crippen LogP contribution in [0.1, 0.15) is 16.1 Å². The van der Waals surface area contributed by atoms with Crippen LogP contribution in [0.5, 0.6) is 0 Å². The van der Waals surface area contributed by atoms with E-state index in [1.165, 1.54) is 35.9 Å². The number of hydrogen-bond donors (Lipinski definition) is 1. The number of anilines is 1. The summed E-state index contributed by atoms with van der Waals surface area (Å²) in [5, 5.41) is 2.63. The van der Waals surface area contributed by atoms with E-state index in [0.29, 0.717) is 5.69 Å². The first-order valence-electron chi connectivity index (χ1n) is 10.3. The molecule has 2 aromatic heterocycles. The molecule has 0 aliphatic heterocycles. The first-order valence-corrected chi connectivity index (χ1v) is 10.3. The van der Waals surface area contributed by atoms with Crippen LogP contribution in [0.2, 0.25) is 0 Å². The molecule has 1 N–H and O–H groups in total. The Morgan fingerprint density at radius 1 is 1.06 bits per heavy atom. The number of amides is 1. The van der Waals surface area contributed by atoms with Crippen LogP contribution in [0.25, 0.3) is 16.7 Å². The molecule has 0 radical (unpaired) electrons. The molecule has 0 bridgehead atoms. The highest BCUT2D eigenvalue weighted by Crippen LogP contribution is 2.18. The van der Waals surface area contributed by atoms with Gasteiger partial charge in [0, 0.05) is 12.7 Å². The molecule has 2 heterocycles. The minimum atomic E-state index is -0.758. The Labute approximate surface area is 192 Å². The van der Waals surface area contributed by atoms with Gasteiger partial charge >= 0.3 is 11.7 Å². The van der Waals surface area contributed by atoms with Gasteiger partial charge in [-0.2, -0.15) is 0 Å². The van der Waals surface area contributed by atoms with Crippen LogP contribution in [0.3, 0.4) is 0 Å². The first kappa shape index (κ1) is 22.7. The van der Waals surface area contributed by atoms with E-state index >= 15 is 0 Å². The van der Waals surface area contributed by atoms with Crippen LogP contribution >= 0.6 is 0 Å². The number of esters is 1. The summed E-state index contributed by atoms with van der Waals surface area (Å²) in [6.45, 7) is 1.33. The maximum Gasteiger partial charge on any atom is 0.339 e. The third kappa shape index (κ3) is 3.90. The molecule has 0 aliphatic carbocycles. The van der Waals surface area contributed by atoms with Crippen molar-refractivity contribution < 1.29 is 18.7 Å². The molecule has 2 aromatic carbocycles. The molecule has 34 heavy (non-hydrogen) atoms. The van der Waals surface area contributed by atoms with Crippen molar-refractivity contribution in [3.05, 3.63) is 92.5 Å². The Bertz CT molecular complexity index is 1550. The second kappa shape index (κ2) is 8.81. The van der Waals surface area contributed by atoms with Gasteiger partial charge in [-0.25, -0.2) is 18.5 Å². The van der Waals surface area contributed by atoms with E-state index in [9.17, 15) is 23.6 Å². The smallest absolute Gasteiger partial charge is 0.339 e. The van der Waals surface area contributed by atoms with Crippen molar-refractivity contribution >= 4 is 28.6 Å². The molecule has 1 amide bonds. The molecule has 0 atom stereocenters. The summed E-state index contributed by atoms with van der Waals surface area (Å²) >= 11 is 0. The average molecular weight is 464 g/mol. The van der Waals surface area contributed by atoms with Crippen LogP contribution in [-0.4, -0.2) is 32.7 Å². The number of para-hydroxylation sites is 1. The molecule has 0 spiro atoms. The number of benzene rings is 2. The monoisotopic (exact) mass is 464 g/mol. The fraction of sp³-hybridized carbons (Fsp3) is 0.167. The van der Waals surface area contributed by atoms with E-state index < -0.39 is 35.5 Å². The second-order valence-corrected chi connectivity index (χ2v) is 7.65. The lowest BCUT2D eigenvalue weighted by molar-refractivity contribution is -0.116. The molecular weight excluding hydrogens is 443 g/mol. The number of nitrogens with one attached hydrogen (secondary N) is 1. The summed E-state index contributed by atoms with van der Waals surface area (Å²) in [6, 6.07) is 12.9. The van der Waals surface area contributed by atoms with E-state index in [4.69, 9.17) is 4.74 Å². The lowest BCUT2D eigenvalue weighted by Crippen LogP contribution is -2.41. The maximum absolute atomic E-state index is 13.4. The molecule has 0 unspecified atom stereocenters. The standard InChI is InChI=1S/C24H21FN4O5/c1-14-12-19-21(27(14)2)22(31)29(16-10-8-15(25)9-11-16)24(33)28(19)13-20(30)26-18-7-5-4-6-17(18)23(32)34-3/h4-12H,13H2,1-3H3,(H,26,30). The molecule has 0 aliphatic rings. The molecule has 174 valence electrons. The number of ether oxygens (including phenoxy) is 1. The molecular formula is C24H21FN4O5. The second-order valence-electron chi connectivity index (χ2n) is 7.65. The Hall–Kier alpha value is -4.47. The lowest BCUT2D eigenvalue weighted by atomic mass is 10.2. The number of rotatable bonds is 5. The zero-order valence-corrected chi connectivity index (χ0v) is 18.7. The predicted molar refractivity (Wildman–Crippen MR) is 124 cm³/mol. The van der Waals surface area contributed by atoms with Gasteiger partial charge in [0.15, 0.2) is 0 Å². The summed E-state index contributed by atoms with van der Waals surface area (Å²) in [5.74, 6) is -1.74. The van der Waals surface area contributed by atoms with Crippen molar-refractivity contribution in [3.8, 4) is 5.69 Å². The van der Waals surface area contributed by atoms with Gasteiger partial charge in [-0.1, -0.05) is 12.1 Å². The van der Waals surface area contributed by atoms with Gasteiger partial charge in [0.05, 0.1) is 29.6 Å². The number of aromatic nitrogens is 3. The average Bonchev–Trinajstić information content (AvgIpc) is 3.12. The zero-order valence-electron chi connectivity index (χ0n) is 18.7. The van der Waals surface area contributed by atoms with Crippen molar-refractivity contribution in [1.82, 2.24) is 13.7 Å². The third-order valence-electron chi connectivity index (χ3n) is 5.56. The number of nitrogens with zero attached hydrogens (tertiary/aromatic N) is 3. The van der Waals surface area contributed by atoms with Crippen molar-refractivity contribution in [1.29, 1.82) is 0 Å². The number of methoxy groups -OCH3 is 1. The number of fused-ring (bicyclic) bond motifs is 1. The van der Waals surface area contributed by atoms with E-state index in [-0.39, 0.29) is 28.0 Å². The number of carbonyl (C=O) groups excluding carboxylic acids is 2. The topological polar surface area (TPSA) is 104 Å². The number of aryl methyl sites for hydroxylation is 2. The first-order chi connectivity index (χ1) is 16.2. The highest BCUT2D eigenvalue weighted by Gasteiger charge is 2.21. The van der Waals surface area contributed by atoms with Crippen LogP contribution < -0.4 is 16.6 Å². The van der Waals surface area contributed by atoms with Crippen LogP contribution in [0.15, 0.2) is 64.2 Å². The fourth-order valence-electron chi connectivity index (χ4n) is 3.77. The third-order valence-corrected chi connectivity index (χ3v) is 5.56. The summed E-state index contributed by atoms with van der Waals surface area (Å²) < 4.78 is 21.9. The number of carbonyl (C=O) groups is 2. The fourth-order valence-corrected chi connectivity index (χ4v) is 3.77. The number of hydrogen-bond acceptors (Lipinski definition) is 5. The Kier molecular flexibility index (Phi) is 5.89. The molecule has 9 nitrogen and oxygen atoms in total. The van der Waals surface area contributed by atoms with Gasteiger partial charge in [-0.3, -0.25) is 14.2 Å². The molecule has 0 saturated carbocycles. The van der Waals surface area contributed by atoms with Gasteiger partial charge in [0.2, 0.25) is 5.91 Å². The van der Waals surface area contributed by atoms with Crippen LogP contribution in [-0.2, 0) is 23.1 Å². The van der Waals surface area contributed by atoms with Crippen LogP contribution in [0, 0.1) is 12.7 Å². The Morgan fingerprint density at radius 2 is 1.74 bits per heavy atom. The van der Waals surface area contributed by atoms with E-state index in [1.807, 2.05) is 0 Å². The van der Waals surface area contributed by atoms with Gasteiger partial charge in [0.1, 0.15) is 17.9 Å². The SMILES string of the molecule is COC(=O)c1ccccc1NC(=O)Cn1c(=O)n(-c2ccc(F)cc2)c(=O)c2c1cc(C)n2C. The summed E-state index contributed by atoms with van der Waals surface area (Å²) in [5.41, 5.74) is 0.397. The predicted octanol–water partition coefficient (Wildman–Crippen LogP) is 2.36. The van der Waals surface area contributed by atoms with E-state index in [1.54, 1.807) is 36.7 Å². The van der Waals surface area contributed by atoms with Gasteiger partial charge in [0.25, 0.3) is 5.56 Å². The molecule has 10 heteroatoms. The number of halogens is 1. The molecule has 0 fully saturated rings. The lowest BCUT2D eigenvalue weighted by Gasteiger charge is -2.14. The van der Waals surface area contributed by atoms with Crippen molar-refractivity contribution in [2.75, 3.05) is 12.4 Å². The van der Waals surface area contributed by atoms with E-state index in [0.717, 1.165) is 16.7 Å². The van der Waals surface area contributed by atoms with Gasteiger partial charge in [-0.15, -0.1) is 0 Å². The Balaban J connectivity index is 1.83. The Morgan fingerprint density at radius 3 is 2.41 bits per heavy atom. The summed E-state index contributed by atoms with van der Waals surface area (Å²) in [7, 11) is 2.91. The van der Waals surface area contributed by atoms with Crippen molar-refractivity contribution in [3.63, 3.8) is 0 Å². The van der Waals surface area contributed by atoms with Crippen molar-refractivity contribution in [2.24, 2.45) is 7.05 Å². The van der Waals surface area contributed by atoms with Gasteiger partial charge < -0.3 is 14.6 Å². The minimum Gasteiger partial charge on any atom is -0.465 e. The molecule has 0 saturated heterocycles. The molecule has 4 aromatic rings. The summed E-state index contributed by atoms with van der Waals surface area (Å²) in [6.07, 6.45) is 0. The largest absolute Gasteiger partial charge is 0.465 e. The quantitative estimate of drug-likeness (QED) is 0.457. The summed E-state index contributed by atoms with van der Waals surface area (Å²) in [4.78, 5) is 51.6. The highest BCUT2D eigenvalue weighted by atomic mass is 19.1.